The van der Waals surface area contributed by atoms with Crippen molar-refractivity contribution >= 4 is 23.2 Å². The van der Waals surface area contributed by atoms with Crippen molar-refractivity contribution in [2.45, 2.75) is 32.7 Å². The van der Waals surface area contributed by atoms with Crippen LogP contribution in [0.25, 0.3) is 0 Å². The Kier molecular flexibility index (Phi) is 6.41. The van der Waals surface area contributed by atoms with E-state index < -0.39 is 0 Å². The molecule has 0 saturated heterocycles. The van der Waals surface area contributed by atoms with Crippen LogP contribution < -0.4 is 10.6 Å². The van der Waals surface area contributed by atoms with Crippen LogP contribution in [0.1, 0.15) is 36.2 Å². The lowest BCUT2D eigenvalue weighted by Gasteiger charge is -2.12. The molecule has 2 rings (SSSR count). The number of halogens is 1. The lowest BCUT2D eigenvalue weighted by Crippen LogP contribution is -2.32. The normalized spacial score (nSPS) is 11.8. The molecule has 4 nitrogen and oxygen atoms in total. The Bertz CT molecular complexity index is 643. The van der Waals surface area contributed by atoms with E-state index >= 15 is 0 Å². The minimum Gasteiger partial charge on any atom is -0.383 e. The minimum absolute atomic E-state index is 0.0896. The van der Waals surface area contributed by atoms with Crippen LogP contribution in [-0.2, 0) is 6.42 Å². The van der Waals surface area contributed by atoms with Gasteiger partial charge >= 0.3 is 0 Å². The lowest BCUT2D eigenvalue weighted by atomic mass is 10.1. The first-order valence-corrected chi connectivity index (χ1v) is 8.20. The SMILES string of the molecule is CCC(C)NC(=O)c1cncc(NCCc2ccc(Cl)cc2)c1. The zero-order valence-corrected chi connectivity index (χ0v) is 14.2. The molecule has 1 unspecified atom stereocenters. The van der Waals surface area contributed by atoms with E-state index in [2.05, 4.69) is 15.6 Å². The topological polar surface area (TPSA) is 54.0 Å². The van der Waals surface area contributed by atoms with E-state index in [-0.39, 0.29) is 11.9 Å². The third kappa shape index (κ3) is 5.57. The summed E-state index contributed by atoms with van der Waals surface area (Å²) in [7, 11) is 0. The van der Waals surface area contributed by atoms with Gasteiger partial charge in [-0.25, -0.2) is 0 Å². The van der Waals surface area contributed by atoms with Gasteiger partial charge in [-0.15, -0.1) is 0 Å². The van der Waals surface area contributed by atoms with Crippen molar-refractivity contribution in [3.05, 3.63) is 58.9 Å². The molecular weight excluding hydrogens is 310 g/mol. The van der Waals surface area contributed by atoms with E-state index in [0.29, 0.717) is 5.56 Å². The summed E-state index contributed by atoms with van der Waals surface area (Å²) in [6, 6.07) is 9.78. The van der Waals surface area contributed by atoms with Crippen molar-refractivity contribution in [3.8, 4) is 0 Å². The van der Waals surface area contributed by atoms with Gasteiger partial charge in [0.25, 0.3) is 5.91 Å². The number of pyridine rings is 1. The number of amides is 1. The van der Waals surface area contributed by atoms with E-state index in [0.717, 1.165) is 30.1 Å². The number of carbonyl (C=O) groups is 1. The monoisotopic (exact) mass is 331 g/mol. The summed E-state index contributed by atoms with van der Waals surface area (Å²) >= 11 is 5.87. The van der Waals surface area contributed by atoms with E-state index in [1.165, 1.54) is 5.56 Å². The predicted octanol–water partition coefficient (Wildman–Crippen LogP) is 3.92. The third-order valence-corrected chi connectivity index (χ3v) is 3.90. The summed E-state index contributed by atoms with van der Waals surface area (Å²) in [5, 5.41) is 6.98. The van der Waals surface area contributed by atoms with Crippen molar-refractivity contribution in [2.24, 2.45) is 0 Å². The molecule has 0 aliphatic rings. The largest absolute Gasteiger partial charge is 0.383 e. The quantitative estimate of drug-likeness (QED) is 0.808. The van der Waals surface area contributed by atoms with Gasteiger partial charge in [0, 0.05) is 30.0 Å². The number of nitrogens with zero attached hydrogens (tertiary/aromatic N) is 1. The minimum atomic E-state index is -0.0896. The van der Waals surface area contributed by atoms with Crippen LogP contribution in [0.2, 0.25) is 5.02 Å². The molecule has 1 atom stereocenters. The number of hydrogen-bond donors (Lipinski definition) is 2. The van der Waals surface area contributed by atoms with Crippen molar-refractivity contribution in [1.29, 1.82) is 0 Å². The lowest BCUT2D eigenvalue weighted by molar-refractivity contribution is 0.0939. The summed E-state index contributed by atoms with van der Waals surface area (Å²) in [6.45, 7) is 4.79. The van der Waals surface area contributed by atoms with Gasteiger partial charge in [0.05, 0.1) is 11.3 Å². The van der Waals surface area contributed by atoms with Crippen LogP contribution in [-0.4, -0.2) is 23.5 Å². The van der Waals surface area contributed by atoms with Gasteiger partial charge in [0.2, 0.25) is 0 Å². The van der Waals surface area contributed by atoms with E-state index in [1.54, 1.807) is 12.4 Å². The fourth-order valence-electron chi connectivity index (χ4n) is 2.07. The van der Waals surface area contributed by atoms with Crippen LogP contribution in [0.5, 0.6) is 0 Å². The van der Waals surface area contributed by atoms with Crippen LogP contribution >= 0.6 is 11.6 Å². The smallest absolute Gasteiger partial charge is 0.253 e. The molecule has 1 aromatic carbocycles. The summed E-state index contributed by atoms with van der Waals surface area (Å²) in [6.07, 6.45) is 5.09. The highest BCUT2D eigenvalue weighted by Gasteiger charge is 2.09. The molecule has 0 radical (unpaired) electrons. The molecule has 5 heteroatoms. The van der Waals surface area contributed by atoms with Gasteiger partial charge in [-0.3, -0.25) is 9.78 Å². The van der Waals surface area contributed by atoms with Crippen molar-refractivity contribution in [2.75, 3.05) is 11.9 Å². The first kappa shape index (κ1) is 17.3. The second-order valence-electron chi connectivity index (χ2n) is 5.55. The van der Waals surface area contributed by atoms with Crippen LogP contribution in [0.15, 0.2) is 42.7 Å². The zero-order chi connectivity index (χ0) is 16.7. The maximum absolute atomic E-state index is 12.1. The molecule has 2 N–H and O–H groups in total. The highest BCUT2D eigenvalue weighted by atomic mass is 35.5. The first-order valence-electron chi connectivity index (χ1n) is 7.82. The molecule has 1 amide bonds. The van der Waals surface area contributed by atoms with Crippen molar-refractivity contribution in [1.82, 2.24) is 10.3 Å². The number of benzene rings is 1. The Balaban J connectivity index is 1.89. The average Bonchev–Trinajstić information content (AvgIpc) is 2.57. The summed E-state index contributed by atoms with van der Waals surface area (Å²) in [5.74, 6) is -0.0896. The maximum atomic E-state index is 12.1. The second kappa shape index (κ2) is 8.53. The van der Waals surface area contributed by atoms with Gasteiger partial charge in [-0.1, -0.05) is 30.7 Å². The molecule has 1 heterocycles. The maximum Gasteiger partial charge on any atom is 0.253 e. The number of anilines is 1. The fraction of sp³-hybridized carbons (Fsp3) is 0.333. The molecule has 2 aromatic rings. The highest BCUT2D eigenvalue weighted by molar-refractivity contribution is 6.30. The van der Waals surface area contributed by atoms with Gasteiger partial charge < -0.3 is 10.6 Å². The molecule has 0 spiro atoms. The van der Waals surface area contributed by atoms with Gasteiger partial charge in [0.1, 0.15) is 0 Å². The molecule has 0 saturated carbocycles. The molecule has 0 aliphatic heterocycles. The molecule has 0 aliphatic carbocycles. The standard InChI is InChI=1S/C18H22ClN3O/c1-3-13(2)22-18(23)15-10-17(12-20-11-15)21-9-8-14-4-6-16(19)7-5-14/h4-7,10-13,21H,3,8-9H2,1-2H3,(H,22,23). The van der Waals surface area contributed by atoms with E-state index in [1.807, 2.05) is 44.2 Å². The molecule has 1 aromatic heterocycles. The van der Waals surface area contributed by atoms with Crippen LogP contribution in [0, 0.1) is 0 Å². The van der Waals surface area contributed by atoms with Gasteiger partial charge in [-0.05, 0) is 43.5 Å². The summed E-state index contributed by atoms with van der Waals surface area (Å²) in [5.41, 5.74) is 2.62. The summed E-state index contributed by atoms with van der Waals surface area (Å²) < 4.78 is 0. The fourth-order valence-corrected chi connectivity index (χ4v) is 2.20. The Morgan fingerprint density at radius 3 is 2.70 bits per heavy atom. The Morgan fingerprint density at radius 1 is 1.26 bits per heavy atom. The average molecular weight is 332 g/mol. The Morgan fingerprint density at radius 2 is 2.00 bits per heavy atom. The first-order chi connectivity index (χ1) is 11.1. The molecule has 23 heavy (non-hydrogen) atoms. The predicted molar refractivity (Wildman–Crippen MR) is 95.1 cm³/mol. The van der Waals surface area contributed by atoms with Gasteiger partial charge in [-0.2, -0.15) is 0 Å². The van der Waals surface area contributed by atoms with Crippen molar-refractivity contribution in [3.63, 3.8) is 0 Å². The molecule has 0 bridgehead atoms. The molecule has 122 valence electrons. The van der Waals surface area contributed by atoms with Crippen molar-refractivity contribution < 1.29 is 4.79 Å². The number of hydrogen-bond acceptors (Lipinski definition) is 3. The second-order valence-corrected chi connectivity index (χ2v) is 5.98. The van der Waals surface area contributed by atoms with Gasteiger partial charge in [0.15, 0.2) is 0 Å². The molecule has 0 fully saturated rings. The van der Waals surface area contributed by atoms with Crippen LogP contribution in [0.3, 0.4) is 0 Å². The third-order valence-electron chi connectivity index (χ3n) is 3.65. The Hall–Kier alpha value is -2.07. The zero-order valence-electron chi connectivity index (χ0n) is 13.5. The number of carbonyl (C=O) groups excluding carboxylic acids is 1. The highest BCUT2D eigenvalue weighted by Crippen LogP contribution is 2.12. The number of rotatable bonds is 7. The number of aromatic nitrogens is 1. The van der Waals surface area contributed by atoms with Crippen LogP contribution in [0.4, 0.5) is 5.69 Å². The Labute approximate surface area is 142 Å². The number of nitrogens with one attached hydrogen (secondary N) is 2. The van der Waals surface area contributed by atoms with E-state index in [4.69, 9.17) is 11.6 Å². The summed E-state index contributed by atoms with van der Waals surface area (Å²) in [4.78, 5) is 16.2. The molecular formula is C18H22ClN3O. The van der Waals surface area contributed by atoms with E-state index in [9.17, 15) is 4.79 Å².